The second-order valence-corrected chi connectivity index (χ2v) is 6.39. The second kappa shape index (κ2) is 8.25. The highest BCUT2D eigenvalue weighted by Gasteiger charge is 2.15. The van der Waals surface area contributed by atoms with Crippen LogP contribution in [-0.4, -0.2) is 24.6 Å². The molecule has 0 unspecified atom stereocenters. The number of amides is 1. The van der Waals surface area contributed by atoms with Gasteiger partial charge >= 0.3 is 0 Å². The molecule has 2 N–H and O–H groups in total. The number of ether oxygens (including phenoxy) is 1. The third-order valence-electron chi connectivity index (χ3n) is 2.68. The minimum Gasteiger partial charge on any atom is -0.483 e. The molecule has 1 aromatic carbocycles. The third kappa shape index (κ3) is 6.82. The highest BCUT2D eigenvalue weighted by atomic mass is 35.5. The fourth-order valence-electron chi connectivity index (χ4n) is 1.83. The molecule has 0 saturated carbocycles. The number of halogens is 1. The zero-order chi connectivity index (χ0) is 15.9. The molecule has 5 heteroatoms. The Bertz CT molecular complexity index is 470. The summed E-state index contributed by atoms with van der Waals surface area (Å²) in [7, 11) is 0. The topological polar surface area (TPSA) is 50.4 Å². The summed E-state index contributed by atoms with van der Waals surface area (Å²) in [6, 6.07) is 5.48. The van der Waals surface area contributed by atoms with Crippen LogP contribution in [0.5, 0.6) is 5.75 Å². The van der Waals surface area contributed by atoms with Gasteiger partial charge in [0.2, 0.25) is 0 Å². The van der Waals surface area contributed by atoms with Crippen LogP contribution in [0.4, 0.5) is 0 Å². The number of benzene rings is 1. The maximum atomic E-state index is 11.8. The Morgan fingerprint density at radius 2 is 2.05 bits per heavy atom. The van der Waals surface area contributed by atoms with Crippen molar-refractivity contribution in [3.63, 3.8) is 0 Å². The highest BCUT2D eigenvalue weighted by molar-refractivity contribution is 6.31. The summed E-state index contributed by atoms with van der Waals surface area (Å²) in [4.78, 5) is 11.8. The van der Waals surface area contributed by atoms with E-state index >= 15 is 0 Å². The van der Waals surface area contributed by atoms with E-state index in [2.05, 4.69) is 17.6 Å². The summed E-state index contributed by atoms with van der Waals surface area (Å²) in [5, 5.41) is 6.80. The van der Waals surface area contributed by atoms with Crippen molar-refractivity contribution in [3.05, 3.63) is 28.8 Å². The molecule has 1 rings (SSSR count). The predicted molar refractivity (Wildman–Crippen MR) is 86.8 cm³/mol. The van der Waals surface area contributed by atoms with Crippen molar-refractivity contribution in [2.24, 2.45) is 0 Å². The molecular weight excluding hydrogens is 288 g/mol. The Balaban J connectivity index is 2.65. The van der Waals surface area contributed by atoms with E-state index in [-0.39, 0.29) is 18.1 Å². The molecule has 1 amide bonds. The summed E-state index contributed by atoms with van der Waals surface area (Å²) in [5.41, 5.74) is 0.622. The zero-order valence-corrected chi connectivity index (χ0v) is 14.0. The molecule has 118 valence electrons. The fourth-order valence-corrected chi connectivity index (χ4v) is 2.07. The van der Waals surface area contributed by atoms with Gasteiger partial charge in [0.25, 0.3) is 5.91 Å². The average Bonchev–Trinajstić information content (AvgIpc) is 2.37. The first-order valence-corrected chi connectivity index (χ1v) is 7.63. The van der Waals surface area contributed by atoms with Crippen molar-refractivity contribution in [2.45, 2.75) is 46.2 Å². The maximum absolute atomic E-state index is 11.8. The summed E-state index contributed by atoms with van der Waals surface area (Å²) in [6.45, 7) is 9.43. The molecule has 0 fully saturated rings. The normalized spacial score (nSPS) is 11.3. The van der Waals surface area contributed by atoms with Crippen LogP contribution in [-0.2, 0) is 11.3 Å². The Morgan fingerprint density at radius 1 is 1.33 bits per heavy atom. The van der Waals surface area contributed by atoms with Crippen LogP contribution in [0.1, 0.15) is 39.7 Å². The molecule has 1 aromatic rings. The van der Waals surface area contributed by atoms with E-state index in [4.69, 9.17) is 16.3 Å². The standard InChI is InChI=1S/C16H25ClN2O2/c1-5-9-18-10-12-13(17)7-6-8-14(12)21-11-15(20)19-16(2,3)4/h6-8,18H,5,9-11H2,1-4H3,(H,19,20). The number of carbonyl (C=O) groups is 1. The minimum absolute atomic E-state index is 0.0155. The van der Waals surface area contributed by atoms with Crippen LogP contribution >= 0.6 is 11.6 Å². The number of hydrogen-bond acceptors (Lipinski definition) is 3. The lowest BCUT2D eigenvalue weighted by molar-refractivity contribution is -0.124. The zero-order valence-electron chi connectivity index (χ0n) is 13.3. The first-order chi connectivity index (χ1) is 9.83. The SMILES string of the molecule is CCCNCc1c(Cl)cccc1OCC(=O)NC(C)(C)C. The largest absolute Gasteiger partial charge is 0.483 e. The van der Waals surface area contributed by atoms with E-state index in [1.54, 1.807) is 0 Å². The summed E-state index contributed by atoms with van der Waals surface area (Å²) >= 11 is 6.21. The van der Waals surface area contributed by atoms with Crippen molar-refractivity contribution in [2.75, 3.05) is 13.2 Å². The number of hydrogen-bond donors (Lipinski definition) is 2. The molecule has 0 aliphatic rings. The smallest absolute Gasteiger partial charge is 0.258 e. The van der Waals surface area contributed by atoms with Gasteiger partial charge in [-0.25, -0.2) is 0 Å². The van der Waals surface area contributed by atoms with Gasteiger partial charge in [0.05, 0.1) is 0 Å². The lowest BCUT2D eigenvalue weighted by atomic mass is 10.1. The average molecular weight is 313 g/mol. The van der Waals surface area contributed by atoms with Crippen LogP contribution in [0.15, 0.2) is 18.2 Å². The number of carbonyl (C=O) groups excluding carboxylic acids is 1. The van der Waals surface area contributed by atoms with E-state index in [1.165, 1.54) is 0 Å². The van der Waals surface area contributed by atoms with Gasteiger partial charge in [0.15, 0.2) is 6.61 Å². The van der Waals surface area contributed by atoms with E-state index in [1.807, 2.05) is 39.0 Å². The third-order valence-corrected chi connectivity index (χ3v) is 3.03. The fraction of sp³-hybridized carbons (Fsp3) is 0.562. The van der Waals surface area contributed by atoms with Gasteiger partial charge in [-0.05, 0) is 45.9 Å². The summed E-state index contributed by atoms with van der Waals surface area (Å²) in [5.74, 6) is 0.505. The lowest BCUT2D eigenvalue weighted by Gasteiger charge is -2.21. The Kier molecular flexibility index (Phi) is 6.99. The molecule has 0 saturated heterocycles. The van der Waals surface area contributed by atoms with Crippen LogP contribution < -0.4 is 15.4 Å². The van der Waals surface area contributed by atoms with E-state index < -0.39 is 0 Å². The van der Waals surface area contributed by atoms with Crippen LogP contribution in [0.25, 0.3) is 0 Å². The molecule has 0 aliphatic heterocycles. The maximum Gasteiger partial charge on any atom is 0.258 e. The van der Waals surface area contributed by atoms with Gasteiger partial charge < -0.3 is 15.4 Å². The molecular formula is C16H25ClN2O2. The van der Waals surface area contributed by atoms with E-state index in [0.717, 1.165) is 18.5 Å². The minimum atomic E-state index is -0.264. The van der Waals surface area contributed by atoms with Crippen LogP contribution in [0, 0.1) is 0 Å². The van der Waals surface area contributed by atoms with Crippen molar-refractivity contribution in [3.8, 4) is 5.75 Å². The molecule has 0 radical (unpaired) electrons. The van der Waals surface area contributed by atoms with Gasteiger partial charge in [-0.1, -0.05) is 24.6 Å². The molecule has 4 nitrogen and oxygen atoms in total. The van der Waals surface area contributed by atoms with Crippen molar-refractivity contribution < 1.29 is 9.53 Å². The summed E-state index contributed by atoms with van der Waals surface area (Å²) in [6.07, 6.45) is 1.05. The predicted octanol–water partition coefficient (Wildman–Crippen LogP) is 3.13. The Labute approximate surface area is 132 Å². The molecule has 0 heterocycles. The van der Waals surface area contributed by atoms with Crippen molar-refractivity contribution >= 4 is 17.5 Å². The van der Waals surface area contributed by atoms with Gasteiger partial charge in [-0.2, -0.15) is 0 Å². The Morgan fingerprint density at radius 3 is 2.67 bits per heavy atom. The van der Waals surface area contributed by atoms with Gasteiger partial charge in [0.1, 0.15) is 5.75 Å². The first kappa shape index (κ1) is 17.8. The molecule has 0 aromatic heterocycles. The molecule has 0 aliphatic carbocycles. The quantitative estimate of drug-likeness (QED) is 0.761. The van der Waals surface area contributed by atoms with Gasteiger partial charge in [0, 0.05) is 22.7 Å². The summed E-state index contributed by atoms with van der Waals surface area (Å²) < 4.78 is 5.62. The molecule has 0 spiro atoms. The van der Waals surface area contributed by atoms with Gasteiger partial charge in [-0.15, -0.1) is 0 Å². The van der Waals surface area contributed by atoms with Crippen LogP contribution in [0.2, 0.25) is 5.02 Å². The first-order valence-electron chi connectivity index (χ1n) is 7.25. The van der Waals surface area contributed by atoms with Crippen molar-refractivity contribution in [1.82, 2.24) is 10.6 Å². The molecule has 21 heavy (non-hydrogen) atoms. The molecule has 0 bridgehead atoms. The highest BCUT2D eigenvalue weighted by Crippen LogP contribution is 2.26. The molecule has 0 atom stereocenters. The number of nitrogens with one attached hydrogen (secondary N) is 2. The van der Waals surface area contributed by atoms with Crippen LogP contribution in [0.3, 0.4) is 0 Å². The van der Waals surface area contributed by atoms with Crippen molar-refractivity contribution in [1.29, 1.82) is 0 Å². The monoisotopic (exact) mass is 312 g/mol. The Hall–Kier alpha value is -1.26. The van der Waals surface area contributed by atoms with E-state index in [0.29, 0.717) is 17.3 Å². The van der Waals surface area contributed by atoms with Gasteiger partial charge in [-0.3, -0.25) is 4.79 Å². The number of rotatable bonds is 7. The lowest BCUT2D eigenvalue weighted by Crippen LogP contribution is -2.43. The van der Waals surface area contributed by atoms with E-state index in [9.17, 15) is 4.79 Å². The second-order valence-electron chi connectivity index (χ2n) is 5.98.